The van der Waals surface area contributed by atoms with Crippen LogP contribution in [0.5, 0.6) is 0 Å². The smallest absolute Gasteiger partial charge is 0.485 e. The summed E-state index contributed by atoms with van der Waals surface area (Å²) < 4.78 is 73.8. The normalized spacial score (nSPS) is 11.1. The quantitative estimate of drug-likeness (QED) is 0.138. The summed E-state index contributed by atoms with van der Waals surface area (Å²) in [7, 11) is -6.09. The Balaban J connectivity index is 0.000000387. The molecule has 0 saturated heterocycles. The van der Waals surface area contributed by atoms with E-state index < -0.39 is 47.6 Å². The maximum atomic E-state index is 13.6. The van der Waals surface area contributed by atoms with Crippen molar-refractivity contribution >= 4 is 15.8 Å². The number of rotatable bonds is 3. The van der Waals surface area contributed by atoms with E-state index >= 15 is 0 Å². The molecule has 0 aliphatic carbocycles. The van der Waals surface area contributed by atoms with Gasteiger partial charge in [0.2, 0.25) is 3.57 Å². The highest BCUT2D eigenvalue weighted by molar-refractivity contribution is 7.86. The number of nitriles is 1. The second-order valence-electron chi connectivity index (χ2n) is 4.47. The minimum absolute atomic E-state index is 0.107. The van der Waals surface area contributed by atoms with Gasteiger partial charge in [-0.3, -0.25) is 10.1 Å². The first kappa shape index (κ1) is 22.7. The van der Waals surface area contributed by atoms with Crippen molar-refractivity contribution < 1.29 is 56.7 Å². The average Bonchev–Trinajstić information content (AvgIpc) is 2.56. The standard InChI is InChI=1S/C13H7FIN2O2.CHF3O3S/c14-12-6-5-11(17(18)19)7-13(12)15-10-3-1-9(8-16)2-4-10;2-1(3,4)8(5,6)7/h1-7H;(H,5,6,7)/q+1;/p-1. The number of nitrogens with zero attached hydrogens (tertiary/aromatic N) is 2. The molecule has 2 aromatic rings. The SMILES string of the molecule is N#Cc1ccc([I+]c2cc([N+](=O)[O-])ccc2F)cc1.O=S(=O)([O-])C(F)(F)F. The molecule has 0 aliphatic rings. The van der Waals surface area contributed by atoms with Crippen LogP contribution in [0.25, 0.3) is 0 Å². The molecule has 0 radical (unpaired) electrons. The van der Waals surface area contributed by atoms with Gasteiger partial charge in [-0.25, -0.2) is 12.8 Å². The minimum Gasteiger partial charge on any atom is -0.741 e. The molecule has 0 amide bonds. The predicted molar refractivity (Wildman–Crippen MR) is 77.4 cm³/mol. The van der Waals surface area contributed by atoms with Crippen LogP contribution in [0.2, 0.25) is 0 Å². The molecular formula is C14H7F4IN2O5S. The van der Waals surface area contributed by atoms with Gasteiger partial charge in [-0.2, -0.15) is 18.4 Å². The number of halogens is 5. The van der Waals surface area contributed by atoms with Crippen LogP contribution < -0.4 is 21.2 Å². The molecule has 144 valence electrons. The van der Waals surface area contributed by atoms with Crippen LogP contribution >= 0.6 is 0 Å². The summed E-state index contributed by atoms with van der Waals surface area (Å²) in [6, 6.07) is 12.4. The molecule has 0 saturated carbocycles. The van der Waals surface area contributed by atoms with Gasteiger partial charge in [0.15, 0.2) is 19.5 Å². The van der Waals surface area contributed by atoms with Gasteiger partial charge in [0.05, 0.1) is 22.6 Å². The van der Waals surface area contributed by atoms with E-state index in [9.17, 15) is 27.7 Å². The second kappa shape index (κ2) is 9.06. The zero-order valence-corrected chi connectivity index (χ0v) is 15.7. The van der Waals surface area contributed by atoms with E-state index in [1.807, 2.05) is 6.07 Å². The van der Waals surface area contributed by atoms with Crippen molar-refractivity contribution in [3.63, 3.8) is 0 Å². The van der Waals surface area contributed by atoms with Gasteiger partial charge in [0.1, 0.15) is 0 Å². The fourth-order valence-corrected chi connectivity index (χ4v) is 3.68. The van der Waals surface area contributed by atoms with Crippen molar-refractivity contribution in [2.75, 3.05) is 0 Å². The molecule has 7 nitrogen and oxygen atoms in total. The highest BCUT2D eigenvalue weighted by atomic mass is 127. The molecule has 0 aliphatic heterocycles. The Morgan fingerprint density at radius 2 is 1.63 bits per heavy atom. The molecule has 13 heteroatoms. The molecule has 0 spiro atoms. The number of non-ortho nitro benzene ring substituents is 1. The number of hydrogen-bond donors (Lipinski definition) is 0. The molecule has 0 aromatic heterocycles. The predicted octanol–water partition coefficient (Wildman–Crippen LogP) is -0.215. The highest BCUT2D eigenvalue weighted by Crippen LogP contribution is 2.20. The van der Waals surface area contributed by atoms with Crippen molar-refractivity contribution in [3.05, 3.63) is 71.1 Å². The van der Waals surface area contributed by atoms with Gasteiger partial charge >= 0.3 is 26.7 Å². The number of hydrogen-bond acceptors (Lipinski definition) is 6. The lowest BCUT2D eigenvalue weighted by Gasteiger charge is -2.08. The lowest BCUT2D eigenvalue weighted by atomic mass is 10.2. The zero-order chi connectivity index (χ0) is 20.8. The van der Waals surface area contributed by atoms with Crippen molar-refractivity contribution in [3.8, 4) is 6.07 Å². The van der Waals surface area contributed by atoms with E-state index in [2.05, 4.69) is 0 Å². The van der Waals surface area contributed by atoms with E-state index in [1.165, 1.54) is 6.07 Å². The summed E-state index contributed by atoms with van der Waals surface area (Å²) in [5.74, 6) is -0.428. The molecular weight excluding hydrogens is 511 g/mol. The van der Waals surface area contributed by atoms with Crippen LogP contribution in [0, 0.1) is 34.4 Å². The Bertz CT molecular complexity index is 972. The fourth-order valence-electron chi connectivity index (χ4n) is 1.38. The van der Waals surface area contributed by atoms with Crippen molar-refractivity contribution in [2.24, 2.45) is 0 Å². The van der Waals surface area contributed by atoms with Gasteiger partial charge in [-0.05, 0) is 30.3 Å². The Hall–Kier alpha value is -2.31. The van der Waals surface area contributed by atoms with Crippen LogP contribution in [0.15, 0.2) is 42.5 Å². The summed E-state index contributed by atoms with van der Waals surface area (Å²) in [6.07, 6.45) is 0. The van der Waals surface area contributed by atoms with E-state index in [-0.39, 0.29) is 5.69 Å². The largest absolute Gasteiger partial charge is 0.741 e. The van der Waals surface area contributed by atoms with E-state index in [4.69, 9.17) is 18.2 Å². The lowest BCUT2D eigenvalue weighted by Crippen LogP contribution is -3.61. The molecule has 0 fully saturated rings. The number of nitro benzene ring substituents is 1. The van der Waals surface area contributed by atoms with Gasteiger partial charge in [-0.1, -0.05) is 0 Å². The van der Waals surface area contributed by atoms with Crippen molar-refractivity contribution in [1.82, 2.24) is 0 Å². The Labute approximate surface area is 160 Å². The summed E-state index contributed by atoms with van der Waals surface area (Å²) in [4.78, 5) is 10.1. The third kappa shape index (κ3) is 7.07. The van der Waals surface area contributed by atoms with Gasteiger partial charge < -0.3 is 4.55 Å². The van der Waals surface area contributed by atoms with Crippen LogP contribution in [0.1, 0.15) is 5.56 Å². The first-order valence-electron chi connectivity index (χ1n) is 6.46. The van der Waals surface area contributed by atoms with Crippen molar-refractivity contribution in [2.45, 2.75) is 5.51 Å². The molecule has 27 heavy (non-hydrogen) atoms. The van der Waals surface area contributed by atoms with Crippen LogP contribution in [0.3, 0.4) is 0 Å². The van der Waals surface area contributed by atoms with Crippen LogP contribution in [0.4, 0.5) is 23.2 Å². The molecule has 0 atom stereocenters. The topological polar surface area (TPSA) is 124 Å². The molecule has 0 bridgehead atoms. The molecule has 0 N–H and O–H groups in total. The summed E-state index contributed by atoms with van der Waals surface area (Å²) in [5.41, 5.74) is -5.22. The number of nitro groups is 1. The van der Waals surface area contributed by atoms with Gasteiger partial charge in [0.25, 0.3) is 5.69 Å². The molecule has 0 heterocycles. The van der Waals surface area contributed by atoms with E-state index in [0.29, 0.717) is 9.13 Å². The Morgan fingerprint density at radius 1 is 1.11 bits per heavy atom. The van der Waals surface area contributed by atoms with Crippen molar-refractivity contribution in [1.29, 1.82) is 5.26 Å². The summed E-state index contributed by atoms with van der Waals surface area (Å²) in [5, 5.41) is 19.3. The molecule has 2 aromatic carbocycles. The van der Waals surface area contributed by atoms with Crippen LogP contribution in [-0.4, -0.2) is 23.4 Å². The average molecular weight is 518 g/mol. The van der Waals surface area contributed by atoms with Gasteiger partial charge in [0, 0.05) is 6.07 Å². The first-order chi connectivity index (χ1) is 12.3. The number of alkyl halides is 3. The Morgan fingerprint density at radius 3 is 2.04 bits per heavy atom. The lowest BCUT2D eigenvalue weighted by molar-refractivity contribution is -0.600. The zero-order valence-electron chi connectivity index (χ0n) is 12.8. The fraction of sp³-hybridized carbons (Fsp3) is 0.0714. The maximum absolute atomic E-state index is 13.6. The third-order valence-electron chi connectivity index (χ3n) is 2.58. The maximum Gasteiger partial charge on any atom is 0.485 e. The van der Waals surface area contributed by atoms with Crippen LogP contribution in [-0.2, 0) is 10.1 Å². The third-order valence-corrected chi connectivity index (χ3v) is 5.90. The highest BCUT2D eigenvalue weighted by Gasteiger charge is 2.36. The second-order valence-corrected chi connectivity index (χ2v) is 8.79. The minimum atomic E-state index is -6.09. The van der Waals surface area contributed by atoms with E-state index in [1.54, 1.807) is 24.3 Å². The summed E-state index contributed by atoms with van der Waals surface area (Å²) >= 11 is -0.842. The summed E-state index contributed by atoms with van der Waals surface area (Å²) in [6.45, 7) is 0. The molecule has 2 rings (SSSR count). The molecule has 0 unspecified atom stereocenters. The van der Waals surface area contributed by atoms with E-state index in [0.717, 1.165) is 15.7 Å². The monoisotopic (exact) mass is 518 g/mol. The van der Waals surface area contributed by atoms with Gasteiger partial charge in [-0.15, -0.1) is 0 Å². The number of benzene rings is 2. The first-order valence-corrected chi connectivity index (χ1v) is 10.0. The Kier molecular flexibility index (Phi) is 7.63.